The number of benzene rings is 1. The average molecular weight is 279 g/mol. The standard InChI is InChI=1S/C15H20FNO.C2H6/c1-2-14(18)15(17-10-6-3-7-11-17)12-8-4-5-9-13(12)16;1-2/h4-5,8-9,15H,2-3,6-7,10-11H2,1H3;1-2H3. The predicted molar refractivity (Wildman–Crippen MR) is 81.2 cm³/mol. The Morgan fingerprint density at radius 3 is 2.35 bits per heavy atom. The smallest absolute Gasteiger partial charge is 0.154 e. The highest BCUT2D eigenvalue weighted by atomic mass is 19.1. The largest absolute Gasteiger partial charge is 0.298 e. The fourth-order valence-electron chi connectivity index (χ4n) is 2.64. The summed E-state index contributed by atoms with van der Waals surface area (Å²) in [4.78, 5) is 14.3. The van der Waals surface area contributed by atoms with E-state index in [1.807, 2.05) is 20.8 Å². The van der Waals surface area contributed by atoms with Gasteiger partial charge in [-0.25, -0.2) is 4.39 Å². The van der Waals surface area contributed by atoms with Crippen molar-refractivity contribution in [3.05, 3.63) is 35.6 Å². The van der Waals surface area contributed by atoms with Crippen LogP contribution in [0, 0.1) is 5.82 Å². The highest BCUT2D eigenvalue weighted by molar-refractivity contribution is 5.85. The summed E-state index contributed by atoms with van der Waals surface area (Å²) in [5, 5.41) is 0. The Labute approximate surface area is 122 Å². The fraction of sp³-hybridized carbons (Fsp3) is 0.588. The highest BCUT2D eigenvalue weighted by Gasteiger charge is 2.29. The van der Waals surface area contributed by atoms with Gasteiger partial charge in [-0.2, -0.15) is 0 Å². The van der Waals surface area contributed by atoms with Gasteiger partial charge in [-0.15, -0.1) is 0 Å². The van der Waals surface area contributed by atoms with Crippen LogP contribution in [-0.2, 0) is 4.79 Å². The molecule has 20 heavy (non-hydrogen) atoms. The molecule has 1 unspecified atom stereocenters. The first-order chi connectivity index (χ1) is 9.74. The molecule has 1 fully saturated rings. The molecule has 0 spiro atoms. The molecule has 1 aliphatic rings. The van der Waals surface area contributed by atoms with Gasteiger partial charge < -0.3 is 0 Å². The predicted octanol–water partition coefficient (Wildman–Crippen LogP) is 4.36. The van der Waals surface area contributed by atoms with Crippen LogP contribution in [0.25, 0.3) is 0 Å². The lowest BCUT2D eigenvalue weighted by molar-refractivity contribution is -0.124. The van der Waals surface area contributed by atoms with Crippen LogP contribution in [-0.4, -0.2) is 23.8 Å². The van der Waals surface area contributed by atoms with Crippen molar-refractivity contribution in [1.29, 1.82) is 0 Å². The third-order valence-electron chi connectivity index (χ3n) is 3.61. The molecule has 0 aromatic heterocycles. The lowest BCUT2D eigenvalue weighted by Gasteiger charge is -2.33. The Hall–Kier alpha value is -1.22. The first kappa shape index (κ1) is 16.8. The molecular weight excluding hydrogens is 253 g/mol. The van der Waals surface area contributed by atoms with E-state index in [-0.39, 0.29) is 11.6 Å². The molecule has 0 amide bonds. The number of piperidine rings is 1. The van der Waals surface area contributed by atoms with Crippen LogP contribution < -0.4 is 0 Å². The minimum absolute atomic E-state index is 0.113. The number of carbonyl (C=O) groups excluding carboxylic acids is 1. The van der Waals surface area contributed by atoms with Gasteiger partial charge in [-0.3, -0.25) is 9.69 Å². The van der Waals surface area contributed by atoms with Crippen molar-refractivity contribution in [3.63, 3.8) is 0 Å². The minimum Gasteiger partial charge on any atom is -0.298 e. The second kappa shape index (κ2) is 8.85. The van der Waals surface area contributed by atoms with Gasteiger partial charge in [0.05, 0.1) is 6.04 Å². The van der Waals surface area contributed by atoms with Crippen molar-refractivity contribution < 1.29 is 9.18 Å². The number of nitrogens with zero attached hydrogens (tertiary/aromatic N) is 1. The van der Waals surface area contributed by atoms with Crippen molar-refractivity contribution >= 4 is 5.78 Å². The molecule has 1 atom stereocenters. The summed E-state index contributed by atoms with van der Waals surface area (Å²) >= 11 is 0. The third-order valence-corrected chi connectivity index (χ3v) is 3.61. The second-order valence-electron chi connectivity index (χ2n) is 4.84. The number of ketones is 1. The lowest BCUT2D eigenvalue weighted by Crippen LogP contribution is -2.38. The van der Waals surface area contributed by atoms with Crippen LogP contribution in [0.1, 0.15) is 58.1 Å². The summed E-state index contributed by atoms with van der Waals surface area (Å²) in [6.45, 7) is 7.63. The summed E-state index contributed by atoms with van der Waals surface area (Å²) in [7, 11) is 0. The summed E-state index contributed by atoms with van der Waals surface area (Å²) in [6, 6.07) is 6.26. The van der Waals surface area contributed by atoms with Gasteiger partial charge in [0.2, 0.25) is 0 Å². The van der Waals surface area contributed by atoms with Gasteiger partial charge in [-0.1, -0.05) is 45.4 Å². The van der Waals surface area contributed by atoms with E-state index in [9.17, 15) is 9.18 Å². The van der Waals surface area contributed by atoms with Crippen molar-refractivity contribution in [2.24, 2.45) is 0 Å². The van der Waals surface area contributed by atoms with E-state index in [0.29, 0.717) is 12.0 Å². The molecule has 1 aromatic carbocycles. The third kappa shape index (κ3) is 4.14. The summed E-state index contributed by atoms with van der Waals surface area (Å²) < 4.78 is 13.9. The first-order valence-electron chi connectivity index (χ1n) is 7.75. The van der Waals surface area contributed by atoms with Gasteiger partial charge in [0.1, 0.15) is 5.82 Å². The minimum atomic E-state index is -0.392. The molecule has 0 saturated carbocycles. The fourth-order valence-corrected chi connectivity index (χ4v) is 2.64. The lowest BCUT2D eigenvalue weighted by atomic mass is 9.96. The van der Waals surface area contributed by atoms with Gasteiger partial charge in [0.15, 0.2) is 5.78 Å². The molecule has 1 aromatic rings. The van der Waals surface area contributed by atoms with Crippen LogP contribution in [0.15, 0.2) is 24.3 Å². The molecule has 3 heteroatoms. The summed E-state index contributed by atoms with van der Waals surface area (Å²) in [5.74, 6) is -0.156. The Bertz CT molecular complexity index is 413. The van der Waals surface area contributed by atoms with Crippen LogP contribution in [0.3, 0.4) is 0 Å². The van der Waals surface area contributed by atoms with Crippen LogP contribution in [0.5, 0.6) is 0 Å². The average Bonchev–Trinajstić information content (AvgIpc) is 2.52. The van der Waals surface area contributed by atoms with Gasteiger partial charge in [0, 0.05) is 12.0 Å². The Balaban J connectivity index is 0.000000956. The quantitative estimate of drug-likeness (QED) is 0.816. The zero-order valence-corrected chi connectivity index (χ0v) is 12.9. The maximum Gasteiger partial charge on any atom is 0.154 e. The molecule has 1 aliphatic heterocycles. The Morgan fingerprint density at radius 1 is 1.20 bits per heavy atom. The van der Waals surface area contributed by atoms with E-state index < -0.39 is 6.04 Å². The molecule has 0 N–H and O–H groups in total. The number of hydrogen-bond acceptors (Lipinski definition) is 2. The first-order valence-corrected chi connectivity index (χ1v) is 7.75. The molecule has 2 nitrogen and oxygen atoms in total. The monoisotopic (exact) mass is 279 g/mol. The van der Waals surface area contributed by atoms with Gasteiger partial charge >= 0.3 is 0 Å². The maximum atomic E-state index is 13.9. The number of Topliss-reactive ketones (excluding diaryl/α,β-unsaturated/α-hetero) is 1. The van der Waals surface area contributed by atoms with E-state index in [2.05, 4.69) is 4.90 Å². The molecule has 112 valence electrons. The number of rotatable bonds is 4. The Kier molecular flexibility index (Phi) is 7.45. The van der Waals surface area contributed by atoms with Crippen LogP contribution in [0.4, 0.5) is 4.39 Å². The van der Waals surface area contributed by atoms with Crippen molar-refractivity contribution in [3.8, 4) is 0 Å². The summed E-state index contributed by atoms with van der Waals surface area (Å²) in [6.07, 6.45) is 3.86. The van der Waals surface area contributed by atoms with E-state index in [1.165, 1.54) is 12.5 Å². The molecule has 0 bridgehead atoms. The summed E-state index contributed by atoms with van der Waals surface area (Å²) in [5.41, 5.74) is 0.534. The number of halogens is 1. The highest BCUT2D eigenvalue weighted by Crippen LogP contribution is 2.28. The Morgan fingerprint density at radius 2 is 1.80 bits per heavy atom. The van der Waals surface area contributed by atoms with Gasteiger partial charge in [-0.05, 0) is 32.0 Å². The van der Waals surface area contributed by atoms with Gasteiger partial charge in [0.25, 0.3) is 0 Å². The molecule has 1 saturated heterocycles. The zero-order valence-electron chi connectivity index (χ0n) is 12.9. The van der Waals surface area contributed by atoms with E-state index in [1.54, 1.807) is 18.2 Å². The molecule has 0 radical (unpaired) electrons. The molecule has 1 heterocycles. The number of hydrogen-bond donors (Lipinski definition) is 0. The molecular formula is C17H26FNO. The maximum absolute atomic E-state index is 13.9. The van der Waals surface area contributed by atoms with E-state index >= 15 is 0 Å². The molecule has 2 rings (SSSR count). The van der Waals surface area contributed by atoms with Crippen LogP contribution in [0.2, 0.25) is 0 Å². The normalized spacial score (nSPS) is 17.0. The van der Waals surface area contributed by atoms with Crippen molar-refractivity contribution in [2.45, 2.75) is 52.5 Å². The van der Waals surface area contributed by atoms with Crippen molar-refractivity contribution in [1.82, 2.24) is 4.90 Å². The van der Waals surface area contributed by atoms with Crippen molar-refractivity contribution in [2.75, 3.05) is 13.1 Å². The number of likely N-dealkylation sites (tertiary alicyclic amines) is 1. The second-order valence-corrected chi connectivity index (χ2v) is 4.84. The van der Waals surface area contributed by atoms with E-state index in [4.69, 9.17) is 0 Å². The van der Waals surface area contributed by atoms with E-state index in [0.717, 1.165) is 25.9 Å². The number of carbonyl (C=O) groups is 1. The zero-order chi connectivity index (χ0) is 15.0. The SMILES string of the molecule is CC.CCC(=O)C(c1ccccc1F)N1CCCCC1. The van der Waals surface area contributed by atoms with Crippen LogP contribution >= 0.6 is 0 Å². The molecule has 0 aliphatic carbocycles. The topological polar surface area (TPSA) is 20.3 Å².